The second-order valence-electron chi connectivity index (χ2n) is 6.39. The first-order valence-electron chi connectivity index (χ1n) is 8.61. The first-order valence-corrected chi connectivity index (χ1v) is 8.99. The molecule has 7 nitrogen and oxygen atoms in total. The molecule has 140 valence electrons. The highest BCUT2D eigenvalue weighted by molar-refractivity contribution is 6.30. The van der Waals surface area contributed by atoms with Crippen molar-refractivity contribution in [2.75, 3.05) is 5.43 Å². The molecule has 0 fully saturated rings. The molecule has 0 aliphatic rings. The van der Waals surface area contributed by atoms with Crippen LogP contribution in [0.15, 0.2) is 55.0 Å². The standard InChI is InChI=1S/C20H17ClN6O/c1-12-3-8-17(13(2)9-12)27-19-16(10-24-27)18(22-11-23-19)25-26-20(28)14-4-6-15(21)7-5-14/h3-11H,1-2H3,(H,26,28)(H,22,23,25). The lowest BCUT2D eigenvalue weighted by Gasteiger charge is -2.10. The number of rotatable bonds is 4. The SMILES string of the molecule is Cc1ccc(-n2ncc3c(NNC(=O)c4ccc(Cl)cc4)ncnc32)c(C)c1. The summed E-state index contributed by atoms with van der Waals surface area (Å²) in [4.78, 5) is 20.9. The van der Waals surface area contributed by atoms with Gasteiger partial charge in [0.2, 0.25) is 0 Å². The van der Waals surface area contributed by atoms with Crippen LogP contribution in [0.3, 0.4) is 0 Å². The quantitative estimate of drug-likeness (QED) is 0.515. The zero-order chi connectivity index (χ0) is 19.7. The van der Waals surface area contributed by atoms with Crippen LogP contribution in [0.4, 0.5) is 5.82 Å². The van der Waals surface area contributed by atoms with E-state index in [-0.39, 0.29) is 5.91 Å². The molecular formula is C20H17ClN6O. The highest BCUT2D eigenvalue weighted by Crippen LogP contribution is 2.23. The molecule has 8 heteroatoms. The number of benzene rings is 2. The molecule has 4 rings (SSSR count). The minimum absolute atomic E-state index is 0.301. The van der Waals surface area contributed by atoms with Crippen molar-refractivity contribution in [1.82, 2.24) is 25.2 Å². The largest absolute Gasteiger partial charge is 0.281 e. The first kappa shape index (κ1) is 17.9. The number of carbonyl (C=O) groups is 1. The topological polar surface area (TPSA) is 84.7 Å². The molecule has 0 aliphatic heterocycles. The van der Waals surface area contributed by atoms with E-state index in [2.05, 4.69) is 32.0 Å². The third-order valence-corrected chi connectivity index (χ3v) is 4.60. The second kappa shape index (κ2) is 7.28. The van der Waals surface area contributed by atoms with Crippen molar-refractivity contribution >= 4 is 34.4 Å². The van der Waals surface area contributed by atoms with Crippen LogP contribution in [0.25, 0.3) is 16.7 Å². The number of hydrogen-bond acceptors (Lipinski definition) is 5. The number of nitrogens with one attached hydrogen (secondary N) is 2. The summed E-state index contributed by atoms with van der Waals surface area (Å²) in [5, 5.41) is 5.72. The minimum Gasteiger partial charge on any atom is -0.281 e. The van der Waals surface area contributed by atoms with Crippen molar-refractivity contribution in [3.05, 3.63) is 76.7 Å². The molecule has 2 heterocycles. The van der Waals surface area contributed by atoms with E-state index in [1.165, 1.54) is 11.9 Å². The van der Waals surface area contributed by atoms with E-state index < -0.39 is 0 Å². The van der Waals surface area contributed by atoms with E-state index in [0.717, 1.165) is 11.3 Å². The van der Waals surface area contributed by atoms with Gasteiger partial charge in [-0.3, -0.25) is 15.6 Å². The lowest BCUT2D eigenvalue weighted by Crippen LogP contribution is -2.29. The number of hydrazine groups is 1. The zero-order valence-corrected chi connectivity index (χ0v) is 16.0. The molecule has 0 atom stereocenters. The Kier molecular flexibility index (Phi) is 4.67. The average Bonchev–Trinajstić information content (AvgIpc) is 3.11. The summed E-state index contributed by atoms with van der Waals surface area (Å²) in [6, 6.07) is 12.7. The van der Waals surface area contributed by atoms with Gasteiger partial charge in [0.25, 0.3) is 5.91 Å². The van der Waals surface area contributed by atoms with Crippen molar-refractivity contribution in [1.29, 1.82) is 0 Å². The Bertz CT molecular complexity index is 1170. The lowest BCUT2D eigenvalue weighted by molar-refractivity contribution is 0.0962. The molecule has 0 bridgehead atoms. The van der Waals surface area contributed by atoms with Crippen molar-refractivity contribution in [2.45, 2.75) is 13.8 Å². The van der Waals surface area contributed by atoms with Crippen LogP contribution in [0.2, 0.25) is 5.02 Å². The number of nitrogens with zero attached hydrogens (tertiary/aromatic N) is 4. The number of aromatic nitrogens is 4. The number of amides is 1. The molecule has 0 spiro atoms. The maximum absolute atomic E-state index is 12.3. The van der Waals surface area contributed by atoms with Crippen LogP contribution in [-0.2, 0) is 0 Å². The fraction of sp³-hybridized carbons (Fsp3) is 0.100. The fourth-order valence-corrected chi connectivity index (χ4v) is 3.08. The predicted molar refractivity (Wildman–Crippen MR) is 109 cm³/mol. The highest BCUT2D eigenvalue weighted by atomic mass is 35.5. The van der Waals surface area contributed by atoms with Gasteiger partial charge in [-0.25, -0.2) is 14.6 Å². The molecule has 4 aromatic rings. The average molecular weight is 393 g/mol. The van der Waals surface area contributed by atoms with Crippen molar-refractivity contribution in [3.63, 3.8) is 0 Å². The molecule has 2 aromatic carbocycles. The van der Waals surface area contributed by atoms with E-state index in [9.17, 15) is 4.79 Å². The maximum atomic E-state index is 12.3. The van der Waals surface area contributed by atoms with E-state index in [1.807, 2.05) is 26.0 Å². The molecule has 2 N–H and O–H groups in total. The Hall–Kier alpha value is -3.45. The summed E-state index contributed by atoms with van der Waals surface area (Å²) in [5.41, 5.74) is 9.82. The van der Waals surface area contributed by atoms with Gasteiger partial charge in [-0.1, -0.05) is 29.3 Å². The number of fused-ring (bicyclic) bond motifs is 1. The summed E-state index contributed by atoms with van der Waals surface area (Å²) in [7, 11) is 0. The monoisotopic (exact) mass is 392 g/mol. The molecule has 0 saturated carbocycles. The highest BCUT2D eigenvalue weighted by Gasteiger charge is 2.13. The van der Waals surface area contributed by atoms with Crippen molar-refractivity contribution in [2.24, 2.45) is 0 Å². The van der Waals surface area contributed by atoms with Crippen LogP contribution < -0.4 is 10.9 Å². The second-order valence-corrected chi connectivity index (χ2v) is 6.83. The Morgan fingerprint density at radius 1 is 1.07 bits per heavy atom. The van der Waals surface area contributed by atoms with Gasteiger partial charge >= 0.3 is 0 Å². The van der Waals surface area contributed by atoms with Gasteiger partial charge in [0.15, 0.2) is 11.5 Å². The van der Waals surface area contributed by atoms with Gasteiger partial charge in [-0.05, 0) is 49.7 Å². The maximum Gasteiger partial charge on any atom is 0.269 e. The molecule has 0 radical (unpaired) electrons. The summed E-state index contributed by atoms with van der Waals surface area (Å²) in [6.07, 6.45) is 3.10. The Morgan fingerprint density at radius 2 is 1.86 bits per heavy atom. The van der Waals surface area contributed by atoms with Gasteiger partial charge < -0.3 is 0 Å². The van der Waals surface area contributed by atoms with Gasteiger partial charge in [-0.15, -0.1) is 0 Å². The lowest BCUT2D eigenvalue weighted by atomic mass is 10.1. The van der Waals surface area contributed by atoms with Crippen LogP contribution >= 0.6 is 11.6 Å². The first-order chi connectivity index (χ1) is 13.5. The van der Waals surface area contributed by atoms with E-state index in [4.69, 9.17) is 11.6 Å². The van der Waals surface area contributed by atoms with Gasteiger partial charge in [-0.2, -0.15) is 5.10 Å². The van der Waals surface area contributed by atoms with Gasteiger partial charge in [0.05, 0.1) is 17.3 Å². The molecule has 0 aliphatic carbocycles. The molecule has 0 unspecified atom stereocenters. The Balaban J connectivity index is 1.61. The van der Waals surface area contributed by atoms with E-state index >= 15 is 0 Å². The smallest absolute Gasteiger partial charge is 0.269 e. The number of anilines is 1. The third kappa shape index (κ3) is 3.39. The number of halogens is 1. The number of hydrogen-bond donors (Lipinski definition) is 2. The molecule has 2 aromatic heterocycles. The number of aryl methyl sites for hydroxylation is 2. The molecule has 0 saturated heterocycles. The van der Waals surface area contributed by atoms with Crippen LogP contribution in [0.5, 0.6) is 0 Å². The number of carbonyl (C=O) groups excluding carboxylic acids is 1. The van der Waals surface area contributed by atoms with Crippen molar-refractivity contribution in [3.8, 4) is 5.69 Å². The summed E-state index contributed by atoms with van der Waals surface area (Å²) in [6.45, 7) is 4.08. The van der Waals surface area contributed by atoms with Crippen LogP contribution in [0.1, 0.15) is 21.5 Å². The molecule has 28 heavy (non-hydrogen) atoms. The molecular weight excluding hydrogens is 376 g/mol. The normalized spacial score (nSPS) is 10.8. The fourth-order valence-electron chi connectivity index (χ4n) is 2.95. The molecule has 1 amide bonds. The summed E-state index contributed by atoms with van der Waals surface area (Å²) in [5.74, 6) is 0.161. The van der Waals surface area contributed by atoms with Crippen LogP contribution in [0, 0.1) is 13.8 Å². The van der Waals surface area contributed by atoms with E-state index in [0.29, 0.717) is 27.4 Å². The predicted octanol–water partition coefficient (Wildman–Crippen LogP) is 3.84. The summed E-state index contributed by atoms with van der Waals surface area (Å²) < 4.78 is 1.76. The van der Waals surface area contributed by atoms with Crippen LogP contribution in [-0.4, -0.2) is 25.7 Å². The Morgan fingerprint density at radius 3 is 2.61 bits per heavy atom. The third-order valence-electron chi connectivity index (χ3n) is 4.35. The Labute approximate surface area is 166 Å². The van der Waals surface area contributed by atoms with Gasteiger partial charge in [0.1, 0.15) is 6.33 Å². The minimum atomic E-state index is -0.301. The van der Waals surface area contributed by atoms with Gasteiger partial charge in [0, 0.05) is 10.6 Å². The van der Waals surface area contributed by atoms with E-state index in [1.54, 1.807) is 35.1 Å². The summed E-state index contributed by atoms with van der Waals surface area (Å²) >= 11 is 5.85. The zero-order valence-electron chi connectivity index (χ0n) is 15.3. The van der Waals surface area contributed by atoms with Crippen molar-refractivity contribution < 1.29 is 4.79 Å².